The average molecular weight is 226 g/mol. The van der Waals surface area contributed by atoms with Gasteiger partial charge in [-0.15, -0.1) is 11.3 Å². The van der Waals surface area contributed by atoms with Crippen LogP contribution >= 0.6 is 22.9 Å². The molecule has 1 aromatic carbocycles. The van der Waals surface area contributed by atoms with E-state index in [0.29, 0.717) is 0 Å². The normalized spacial score (nSPS) is 11.0. The van der Waals surface area contributed by atoms with E-state index >= 15 is 0 Å². The predicted molar refractivity (Wildman–Crippen MR) is 64.2 cm³/mol. The molecule has 0 amide bonds. The lowest BCUT2D eigenvalue weighted by Gasteiger charge is -1.94. The fourth-order valence-corrected chi connectivity index (χ4v) is 3.06. The van der Waals surface area contributed by atoms with Gasteiger partial charge in [-0.25, -0.2) is 0 Å². The summed E-state index contributed by atoms with van der Waals surface area (Å²) < 4.78 is 1.27. The fraction of sp³-hybridized carbons (Fsp3) is 0.273. The summed E-state index contributed by atoms with van der Waals surface area (Å²) in [5, 5.41) is 2.09. The van der Waals surface area contributed by atoms with Gasteiger partial charge in [0.15, 0.2) is 0 Å². The second-order valence-electron chi connectivity index (χ2n) is 3.23. The van der Waals surface area contributed by atoms with E-state index < -0.39 is 0 Å². The molecule has 0 saturated heterocycles. The quantitative estimate of drug-likeness (QED) is 0.851. The Morgan fingerprint density at radius 3 is 2.79 bits per heavy atom. The lowest BCUT2D eigenvalue weighted by Crippen LogP contribution is -1.99. The van der Waals surface area contributed by atoms with E-state index in [1.54, 1.807) is 11.3 Å². The number of benzene rings is 1. The Morgan fingerprint density at radius 1 is 1.29 bits per heavy atom. The van der Waals surface area contributed by atoms with Crippen LogP contribution in [0, 0.1) is 0 Å². The van der Waals surface area contributed by atoms with Crippen LogP contribution < -0.4 is 5.73 Å². The third-order valence-electron chi connectivity index (χ3n) is 2.21. The van der Waals surface area contributed by atoms with Crippen molar-refractivity contribution >= 4 is 33.0 Å². The molecule has 0 fully saturated rings. The molecule has 1 heterocycles. The van der Waals surface area contributed by atoms with Gasteiger partial charge >= 0.3 is 0 Å². The highest BCUT2D eigenvalue weighted by atomic mass is 35.5. The summed E-state index contributed by atoms with van der Waals surface area (Å²) in [5.74, 6) is 0. The summed E-state index contributed by atoms with van der Waals surface area (Å²) in [5.41, 5.74) is 5.48. The molecular formula is C11H12ClNS. The smallest absolute Gasteiger partial charge is 0.0623 e. The molecule has 0 atom stereocenters. The number of hydrogen-bond acceptors (Lipinski definition) is 2. The lowest BCUT2D eigenvalue weighted by atomic mass is 10.2. The largest absolute Gasteiger partial charge is 0.330 e. The van der Waals surface area contributed by atoms with Crippen molar-refractivity contribution in [2.75, 3.05) is 6.54 Å². The van der Waals surface area contributed by atoms with Crippen molar-refractivity contribution in [3.05, 3.63) is 34.2 Å². The van der Waals surface area contributed by atoms with Crippen LogP contribution in [0.4, 0.5) is 0 Å². The molecule has 0 unspecified atom stereocenters. The molecule has 0 bridgehead atoms. The van der Waals surface area contributed by atoms with Crippen molar-refractivity contribution in [2.24, 2.45) is 5.73 Å². The summed E-state index contributed by atoms with van der Waals surface area (Å²) in [7, 11) is 0. The molecule has 1 aromatic heterocycles. The van der Waals surface area contributed by atoms with Crippen LogP contribution in [0.25, 0.3) is 10.1 Å². The first-order valence-electron chi connectivity index (χ1n) is 4.69. The SMILES string of the molecule is NCCCc1sc2ccccc2c1Cl. The first-order chi connectivity index (χ1) is 6.83. The number of thiophene rings is 1. The Kier molecular flexibility index (Phi) is 3.06. The van der Waals surface area contributed by atoms with Gasteiger partial charge in [-0.2, -0.15) is 0 Å². The van der Waals surface area contributed by atoms with Gasteiger partial charge in [-0.3, -0.25) is 0 Å². The second kappa shape index (κ2) is 4.30. The minimum Gasteiger partial charge on any atom is -0.330 e. The zero-order chi connectivity index (χ0) is 9.97. The number of nitrogens with two attached hydrogens (primary N) is 1. The fourth-order valence-electron chi connectivity index (χ4n) is 1.49. The van der Waals surface area contributed by atoms with Gasteiger partial charge in [0.2, 0.25) is 0 Å². The molecule has 1 nitrogen and oxygen atoms in total. The van der Waals surface area contributed by atoms with Gasteiger partial charge in [0.25, 0.3) is 0 Å². The maximum absolute atomic E-state index is 6.26. The molecule has 14 heavy (non-hydrogen) atoms. The number of rotatable bonds is 3. The summed E-state index contributed by atoms with van der Waals surface area (Å²) >= 11 is 8.04. The first kappa shape index (κ1) is 9.97. The van der Waals surface area contributed by atoms with Crippen molar-refractivity contribution in [2.45, 2.75) is 12.8 Å². The Morgan fingerprint density at radius 2 is 2.07 bits per heavy atom. The topological polar surface area (TPSA) is 26.0 Å². The minimum atomic E-state index is 0.727. The van der Waals surface area contributed by atoms with Crippen molar-refractivity contribution in [3.8, 4) is 0 Å². The monoisotopic (exact) mass is 225 g/mol. The summed E-state index contributed by atoms with van der Waals surface area (Å²) in [6.07, 6.45) is 2.00. The minimum absolute atomic E-state index is 0.727. The Hall–Kier alpha value is -0.570. The van der Waals surface area contributed by atoms with E-state index in [-0.39, 0.29) is 0 Å². The van der Waals surface area contributed by atoms with Crippen LogP contribution in [-0.4, -0.2) is 6.54 Å². The number of hydrogen-bond donors (Lipinski definition) is 1. The third-order valence-corrected chi connectivity index (χ3v) is 3.98. The first-order valence-corrected chi connectivity index (χ1v) is 5.88. The van der Waals surface area contributed by atoms with Gasteiger partial charge in [0, 0.05) is 15.0 Å². The number of fused-ring (bicyclic) bond motifs is 1. The lowest BCUT2D eigenvalue weighted by molar-refractivity contribution is 0.843. The van der Waals surface area contributed by atoms with Gasteiger partial charge in [-0.1, -0.05) is 29.8 Å². The molecule has 2 N–H and O–H groups in total. The second-order valence-corrected chi connectivity index (χ2v) is 4.74. The molecule has 0 aliphatic carbocycles. The zero-order valence-electron chi connectivity index (χ0n) is 7.79. The Labute approximate surface area is 92.5 Å². The molecule has 3 heteroatoms. The maximum Gasteiger partial charge on any atom is 0.0623 e. The van der Waals surface area contributed by atoms with E-state index in [1.165, 1.54) is 15.0 Å². The van der Waals surface area contributed by atoms with Gasteiger partial charge in [0.1, 0.15) is 0 Å². The highest BCUT2D eigenvalue weighted by molar-refractivity contribution is 7.19. The molecule has 0 aliphatic heterocycles. The van der Waals surface area contributed by atoms with Crippen molar-refractivity contribution in [3.63, 3.8) is 0 Å². The molecule has 74 valence electrons. The molecule has 2 aromatic rings. The highest BCUT2D eigenvalue weighted by Crippen LogP contribution is 2.35. The van der Waals surface area contributed by atoms with Gasteiger partial charge in [0.05, 0.1) is 5.02 Å². The van der Waals surface area contributed by atoms with E-state index in [2.05, 4.69) is 12.1 Å². The van der Waals surface area contributed by atoms with Crippen molar-refractivity contribution < 1.29 is 0 Å². The van der Waals surface area contributed by atoms with Gasteiger partial charge in [-0.05, 0) is 25.5 Å². The standard InChI is InChI=1S/C11H12ClNS/c12-11-8-4-1-2-5-9(8)14-10(11)6-3-7-13/h1-2,4-5H,3,6-7,13H2. The molecule has 0 spiro atoms. The molecule has 0 radical (unpaired) electrons. The van der Waals surface area contributed by atoms with E-state index in [0.717, 1.165) is 24.4 Å². The summed E-state index contributed by atoms with van der Waals surface area (Å²) in [6, 6.07) is 8.24. The number of aryl methyl sites for hydroxylation is 1. The van der Waals surface area contributed by atoms with Crippen LogP contribution in [0.1, 0.15) is 11.3 Å². The van der Waals surface area contributed by atoms with Crippen LogP contribution in [0.5, 0.6) is 0 Å². The third kappa shape index (κ3) is 1.78. The Bertz CT molecular complexity index is 436. The zero-order valence-corrected chi connectivity index (χ0v) is 9.37. The highest BCUT2D eigenvalue weighted by Gasteiger charge is 2.08. The van der Waals surface area contributed by atoms with E-state index in [1.807, 2.05) is 12.1 Å². The average Bonchev–Trinajstić information content (AvgIpc) is 2.54. The maximum atomic E-state index is 6.26. The van der Waals surface area contributed by atoms with Crippen LogP contribution in [0.3, 0.4) is 0 Å². The van der Waals surface area contributed by atoms with Crippen LogP contribution in [0.2, 0.25) is 5.02 Å². The van der Waals surface area contributed by atoms with Crippen LogP contribution in [-0.2, 0) is 6.42 Å². The molecule has 2 rings (SSSR count). The number of halogens is 1. The summed E-state index contributed by atoms with van der Waals surface area (Å²) in [4.78, 5) is 1.26. The van der Waals surface area contributed by atoms with Crippen LogP contribution in [0.15, 0.2) is 24.3 Å². The summed E-state index contributed by atoms with van der Waals surface area (Å²) in [6.45, 7) is 0.727. The van der Waals surface area contributed by atoms with Gasteiger partial charge < -0.3 is 5.73 Å². The Balaban J connectivity index is 2.41. The molecule has 0 aliphatic rings. The van der Waals surface area contributed by atoms with E-state index in [4.69, 9.17) is 17.3 Å². The molecule has 0 saturated carbocycles. The van der Waals surface area contributed by atoms with Crippen molar-refractivity contribution in [1.82, 2.24) is 0 Å². The predicted octanol–water partition coefficient (Wildman–Crippen LogP) is 3.45. The van der Waals surface area contributed by atoms with E-state index in [9.17, 15) is 0 Å². The van der Waals surface area contributed by atoms with Crippen molar-refractivity contribution in [1.29, 1.82) is 0 Å². The molecular weight excluding hydrogens is 214 g/mol.